The third-order valence-corrected chi connectivity index (χ3v) is 5.00. The third kappa shape index (κ3) is 4.28. The molecule has 1 heterocycles. The molecule has 1 amide bonds. The maximum Gasteiger partial charge on any atom is 0.241 e. The molecular weight excluding hydrogens is 302 g/mol. The summed E-state index contributed by atoms with van der Waals surface area (Å²) in [5.74, 6) is 0.524. The molecule has 6 nitrogen and oxygen atoms in total. The lowest BCUT2D eigenvalue weighted by Crippen LogP contribution is -2.46. The summed E-state index contributed by atoms with van der Waals surface area (Å²) in [4.78, 5) is 14.5. The molecule has 22 heavy (non-hydrogen) atoms. The van der Waals surface area contributed by atoms with E-state index in [9.17, 15) is 13.2 Å². The first-order valence-corrected chi connectivity index (χ1v) is 9.00. The van der Waals surface area contributed by atoms with Gasteiger partial charge in [0, 0.05) is 12.2 Å². The highest BCUT2D eigenvalue weighted by Crippen LogP contribution is 2.19. The molecule has 1 fully saturated rings. The van der Waals surface area contributed by atoms with E-state index in [1.807, 2.05) is 6.92 Å². The maximum atomic E-state index is 12.3. The van der Waals surface area contributed by atoms with Crippen LogP contribution in [-0.2, 0) is 14.8 Å². The van der Waals surface area contributed by atoms with Crippen LogP contribution in [-0.4, -0.2) is 38.4 Å². The Bertz CT molecular complexity index is 628. The average Bonchev–Trinajstić information content (AvgIpc) is 2.46. The molecule has 0 unspecified atom stereocenters. The molecule has 0 aliphatic carbocycles. The van der Waals surface area contributed by atoms with Crippen LogP contribution in [0.1, 0.15) is 26.7 Å². The number of benzene rings is 1. The molecule has 7 heteroatoms. The molecule has 1 aromatic carbocycles. The number of hydrogen-bond acceptors (Lipinski definition) is 4. The van der Waals surface area contributed by atoms with Crippen molar-refractivity contribution in [2.45, 2.75) is 37.6 Å². The summed E-state index contributed by atoms with van der Waals surface area (Å²) in [5, 5.41) is 7.86. The minimum atomic E-state index is -3.71. The summed E-state index contributed by atoms with van der Waals surface area (Å²) in [6.07, 6.45) is 2.32. The lowest BCUT2D eigenvalue weighted by molar-refractivity contribution is -0.121. The fraction of sp³-hybridized carbons (Fsp3) is 0.533. The molecule has 1 aromatic rings. The number of amides is 1. The molecular formula is C15H23N3O3S. The molecule has 0 spiro atoms. The Hall–Kier alpha value is -1.44. The van der Waals surface area contributed by atoms with E-state index in [1.165, 1.54) is 18.6 Å². The van der Waals surface area contributed by atoms with Gasteiger partial charge in [-0.2, -0.15) is 0 Å². The van der Waals surface area contributed by atoms with Crippen LogP contribution in [0.3, 0.4) is 0 Å². The second-order valence-corrected chi connectivity index (χ2v) is 7.54. The maximum absolute atomic E-state index is 12.3. The zero-order valence-electron chi connectivity index (χ0n) is 13.0. The van der Waals surface area contributed by atoms with Gasteiger partial charge in [0.15, 0.2) is 0 Å². The minimum absolute atomic E-state index is 0.0309. The SMILES string of the molecule is C[C@@H]1CCCN([C@H](C)C(=O)Nc2ccc(S(N)(=O)=O)cc2)C1. The zero-order chi connectivity index (χ0) is 16.3. The summed E-state index contributed by atoms with van der Waals surface area (Å²) < 4.78 is 22.4. The molecule has 0 bridgehead atoms. The molecule has 1 saturated heterocycles. The second kappa shape index (κ2) is 6.76. The summed E-state index contributed by atoms with van der Waals surface area (Å²) in [6.45, 7) is 5.96. The number of nitrogens with zero attached hydrogens (tertiary/aromatic N) is 1. The smallest absolute Gasteiger partial charge is 0.241 e. The van der Waals surface area contributed by atoms with E-state index in [0.29, 0.717) is 11.6 Å². The van der Waals surface area contributed by atoms with Crippen molar-refractivity contribution in [1.82, 2.24) is 4.90 Å². The van der Waals surface area contributed by atoms with E-state index in [1.54, 1.807) is 12.1 Å². The number of carbonyl (C=O) groups is 1. The topological polar surface area (TPSA) is 92.5 Å². The number of nitrogens with two attached hydrogens (primary N) is 1. The number of anilines is 1. The Balaban J connectivity index is 1.99. The van der Waals surface area contributed by atoms with Crippen molar-refractivity contribution in [1.29, 1.82) is 0 Å². The Labute approximate surface area is 131 Å². The fourth-order valence-corrected chi connectivity index (χ4v) is 3.23. The zero-order valence-corrected chi connectivity index (χ0v) is 13.8. The molecule has 1 aliphatic heterocycles. The number of primary sulfonamides is 1. The lowest BCUT2D eigenvalue weighted by atomic mass is 9.99. The number of nitrogens with one attached hydrogen (secondary N) is 1. The number of carbonyl (C=O) groups excluding carboxylic acids is 1. The van der Waals surface area contributed by atoms with Gasteiger partial charge in [-0.25, -0.2) is 13.6 Å². The van der Waals surface area contributed by atoms with Gasteiger partial charge >= 0.3 is 0 Å². The van der Waals surface area contributed by atoms with Crippen LogP contribution in [0.5, 0.6) is 0 Å². The van der Waals surface area contributed by atoms with E-state index < -0.39 is 10.0 Å². The van der Waals surface area contributed by atoms with Gasteiger partial charge in [0.2, 0.25) is 15.9 Å². The predicted octanol–water partition coefficient (Wildman–Crippen LogP) is 1.39. The average molecular weight is 325 g/mol. The van der Waals surface area contributed by atoms with Gasteiger partial charge in [0.05, 0.1) is 10.9 Å². The largest absolute Gasteiger partial charge is 0.325 e. The number of likely N-dealkylation sites (tertiary alicyclic amines) is 1. The summed E-state index contributed by atoms with van der Waals surface area (Å²) >= 11 is 0. The Morgan fingerprint density at radius 2 is 2.00 bits per heavy atom. The molecule has 1 aliphatic rings. The van der Waals surface area contributed by atoms with Crippen molar-refractivity contribution in [3.8, 4) is 0 Å². The molecule has 0 aromatic heterocycles. The van der Waals surface area contributed by atoms with Crippen LogP contribution >= 0.6 is 0 Å². The minimum Gasteiger partial charge on any atom is -0.325 e. The second-order valence-electron chi connectivity index (χ2n) is 5.98. The van der Waals surface area contributed by atoms with Crippen LogP contribution in [0.25, 0.3) is 0 Å². The molecule has 2 rings (SSSR count). The Morgan fingerprint density at radius 3 is 2.55 bits per heavy atom. The van der Waals surface area contributed by atoms with E-state index in [0.717, 1.165) is 19.5 Å². The molecule has 0 radical (unpaired) electrons. The molecule has 2 atom stereocenters. The van der Waals surface area contributed by atoms with Crippen LogP contribution in [0.15, 0.2) is 29.2 Å². The summed E-state index contributed by atoms with van der Waals surface area (Å²) in [6, 6.07) is 5.66. The van der Waals surface area contributed by atoms with Gasteiger partial charge in [0.25, 0.3) is 0 Å². The van der Waals surface area contributed by atoms with Crippen LogP contribution < -0.4 is 10.5 Å². The highest BCUT2D eigenvalue weighted by molar-refractivity contribution is 7.89. The van der Waals surface area contributed by atoms with E-state index >= 15 is 0 Å². The van der Waals surface area contributed by atoms with Crippen molar-refractivity contribution in [3.05, 3.63) is 24.3 Å². The van der Waals surface area contributed by atoms with Gasteiger partial charge in [-0.3, -0.25) is 9.69 Å². The van der Waals surface area contributed by atoms with Crippen molar-refractivity contribution in [2.24, 2.45) is 11.1 Å². The highest BCUT2D eigenvalue weighted by Gasteiger charge is 2.25. The Kier molecular flexibility index (Phi) is 5.20. The van der Waals surface area contributed by atoms with Crippen molar-refractivity contribution in [2.75, 3.05) is 18.4 Å². The first kappa shape index (κ1) is 16.9. The van der Waals surface area contributed by atoms with E-state index in [-0.39, 0.29) is 16.8 Å². The van der Waals surface area contributed by atoms with Gasteiger partial charge in [0.1, 0.15) is 0 Å². The summed E-state index contributed by atoms with van der Waals surface area (Å²) in [5.41, 5.74) is 0.564. The highest BCUT2D eigenvalue weighted by atomic mass is 32.2. The quantitative estimate of drug-likeness (QED) is 0.875. The number of sulfonamides is 1. The Morgan fingerprint density at radius 1 is 1.36 bits per heavy atom. The van der Waals surface area contributed by atoms with Crippen molar-refractivity contribution < 1.29 is 13.2 Å². The standard InChI is InChI=1S/C15H23N3O3S/c1-11-4-3-9-18(10-11)12(2)15(19)17-13-5-7-14(8-6-13)22(16,20)21/h5-8,11-12H,3-4,9-10H2,1-2H3,(H,17,19)(H2,16,20,21)/t11-,12-/m1/s1. The first-order valence-electron chi connectivity index (χ1n) is 7.45. The molecule has 0 saturated carbocycles. The van der Waals surface area contributed by atoms with Crippen LogP contribution in [0, 0.1) is 5.92 Å². The van der Waals surface area contributed by atoms with Gasteiger partial charge < -0.3 is 5.32 Å². The van der Waals surface area contributed by atoms with Gasteiger partial charge in [-0.05, 0) is 56.5 Å². The normalized spacial score (nSPS) is 21.3. The van der Waals surface area contributed by atoms with Crippen molar-refractivity contribution >= 4 is 21.6 Å². The first-order chi connectivity index (χ1) is 10.3. The fourth-order valence-electron chi connectivity index (χ4n) is 2.72. The summed E-state index contributed by atoms with van der Waals surface area (Å²) in [7, 11) is -3.71. The monoisotopic (exact) mass is 325 g/mol. The van der Waals surface area contributed by atoms with Crippen molar-refractivity contribution in [3.63, 3.8) is 0 Å². The number of rotatable bonds is 4. The van der Waals surface area contributed by atoms with Gasteiger partial charge in [-0.1, -0.05) is 6.92 Å². The van der Waals surface area contributed by atoms with E-state index in [2.05, 4.69) is 17.1 Å². The van der Waals surface area contributed by atoms with Gasteiger partial charge in [-0.15, -0.1) is 0 Å². The molecule has 122 valence electrons. The number of hydrogen-bond donors (Lipinski definition) is 2. The lowest BCUT2D eigenvalue weighted by Gasteiger charge is -2.34. The molecule has 3 N–H and O–H groups in total. The van der Waals surface area contributed by atoms with E-state index in [4.69, 9.17) is 5.14 Å². The third-order valence-electron chi connectivity index (χ3n) is 4.07. The van der Waals surface area contributed by atoms with Crippen LogP contribution in [0.4, 0.5) is 5.69 Å². The predicted molar refractivity (Wildman–Crippen MR) is 85.9 cm³/mol. The number of piperidine rings is 1. The van der Waals surface area contributed by atoms with Crippen LogP contribution in [0.2, 0.25) is 0 Å².